The highest BCUT2D eigenvalue weighted by atomic mass is 15.2. The molecule has 0 atom stereocenters. The third-order valence-electron chi connectivity index (χ3n) is 2.31. The molecular formula is C13H21N3. The molecule has 0 bridgehead atoms. The first-order chi connectivity index (χ1) is 7.77. The number of rotatable bonds is 5. The summed E-state index contributed by atoms with van der Waals surface area (Å²) in [6, 6.07) is 9.84. The van der Waals surface area contributed by atoms with Gasteiger partial charge in [-0.15, -0.1) is 0 Å². The SMILES string of the molecule is CCCN(CCC)C(N)=Nc1ccccc1. The highest BCUT2D eigenvalue weighted by Gasteiger charge is 2.04. The molecule has 0 unspecified atom stereocenters. The number of hydrogen-bond acceptors (Lipinski definition) is 1. The average molecular weight is 219 g/mol. The Balaban J connectivity index is 2.73. The molecular weight excluding hydrogens is 198 g/mol. The maximum absolute atomic E-state index is 6.00. The predicted octanol–water partition coefficient (Wildman–Crippen LogP) is 2.75. The zero-order valence-corrected chi connectivity index (χ0v) is 10.2. The van der Waals surface area contributed by atoms with Crippen LogP contribution in [0.25, 0.3) is 0 Å². The van der Waals surface area contributed by atoms with Gasteiger partial charge >= 0.3 is 0 Å². The summed E-state index contributed by atoms with van der Waals surface area (Å²) in [5.74, 6) is 0.620. The van der Waals surface area contributed by atoms with Crippen molar-refractivity contribution in [1.82, 2.24) is 4.90 Å². The van der Waals surface area contributed by atoms with E-state index in [1.165, 1.54) is 0 Å². The summed E-state index contributed by atoms with van der Waals surface area (Å²) in [5.41, 5.74) is 6.91. The van der Waals surface area contributed by atoms with Gasteiger partial charge in [0.25, 0.3) is 0 Å². The van der Waals surface area contributed by atoms with E-state index in [4.69, 9.17) is 5.73 Å². The van der Waals surface area contributed by atoms with Gasteiger partial charge in [-0.25, -0.2) is 4.99 Å². The molecule has 0 radical (unpaired) electrons. The molecule has 0 heterocycles. The maximum atomic E-state index is 6.00. The number of hydrogen-bond donors (Lipinski definition) is 1. The largest absolute Gasteiger partial charge is 0.369 e. The summed E-state index contributed by atoms with van der Waals surface area (Å²) in [6.45, 7) is 6.24. The van der Waals surface area contributed by atoms with Gasteiger partial charge < -0.3 is 10.6 Å². The van der Waals surface area contributed by atoms with Crippen LogP contribution in [0.3, 0.4) is 0 Å². The molecule has 0 saturated carbocycles. The third-order valence-corrected chi connectivity index (χ3v) is 2.31. The van der Waals surface area contributed by atoms with Crippen molar-refractivity contribution in [1.29, 1.82) is 0 Å². The van der Waals surface area contributed by atoms with E-state index in [0.717, 1.165) is 31.6 Å². The molecule has 88 valence electrons. The normalized spacial score (nSPS) is 11.5. The lowest BCUT2D eigenvalue weighted by Crippen LogP contribution is -2.38. The van der Waals surface area contributed by atoms with E-state index in [9.17, 15) is 0 Å². The molecule has 3 heteroatoms. The second-order valence-electron chi connectivity index (χ2n) is 3.79. The Morgan fingerprint density at radius 1 is 1.12 bits per heavy atom. The van der Waals surface area contributed by atoms with E-state index in [-0.39, 0.29) is 0 Å². The number of nitrogens with zero attached hydrogens (tertiary/aromatic N) is 2. The molecule has 1 aromatic rings. The number of aliphatic imine (C=N–C) groups is 1. The zero-order valence-electron chi connectivity index (χ0n) is 10.2. The highest BCUT2D eigenvalue weighted by molar-refractivity contribution is 5.81. The average Bonchev–Trinajstić information content (AvgIpc) is 2.30. The minimum Gasteiger partial charge on any atom is -0.369 e. The van der Waals surface area contributed by atoms with Crippen molar-refractivity contribution in [2.24, 2.45) is 10.7 Å². The van der Waals surface area contributed by atoms with Crippen LogP contribution < -0.4 is 5.73 Å². The van der Waals surface area contributed by atoms with Crippen molar-refractivity contribution in [3.05, 3.63) is 30.3 Å². The van der Waals surface area contributed by atoms with Crippen molar-refractivity contribution in [3.63, 3.8) is 0 Å². The van der Waals surface area contributed by atoms with Crippen molar-refractivity contribution < 1.29 is 0 Å². The first-order valence-electron chi connectivity index (χ1n) is 5.92. The van der Waals surface area contributed by atoms with E-state index >= 15 is 0 Å². The smallest absolute Gasteiger partial charge is 0.196 e. The van der Waals surface area contributed by atoms with E-state index in [0.29, 0.717) is 5.96 Å². The van der Waals surface area contributed by atoms with Crippen LogP contribution in [0.2, 0.25) is 0 Å². The Hall–Kier alpha value is -1.51. The molecule has 1 aromatic carbocycles. The fraction of sp³-hybridized carbons (Fsp3) is 0.462. The number of para-hydroxylation sites is 1. The standard InChI is InChI=1S/C13H21N3/c1-3-10-16(11-4-2)13(14)15-12-8-6-5-7-9-12/h5-9H,3-4,10-11H2,1-2H3,(H2,14,15). The van der Waals surface area contributed by atoms with E-state index in [2.05, 4.69) is 23.7 Å². The van der Waals surface area contributed by atoms with Gasteiger partial charge in [-0.05, 0) is 25.0 Å². The molecule has 3 nitrogen and oxygen atoms in total. The van der Waals surface area contributed by atoms with Crippen LogP contribution in [-0.4, -0.2) is 23.9 Å². The molecule has 0 saturated heterocycles. The third kappa shape index (κ3) is 3.93. The van der Waals surface area contributed by atoms with E-state index in [1.807, 2.05) is 30.3 Å². The molecule has 2 N–H and O–H groups in total. The van der Waals surface area contributed by atoms with Crippen molar-refractivity contribution in [2.45, 2.75) is 26.7 Å². The maximum Gasteiger partial charge on any atom is 0.196 e. The number of guanidine groups is 1. The van der Waals surface area contributed by atoms with Crippen LogP contribution in [0.1, 0.15) is 26.7 Å². The first kappa shape index (κ1) is 12.6. The summed E-state index contributed by atoms with van der Waals surface area (Å²) in [4.78, 5) is 6.55. The van der Waals surface area contributed by atoms with Gasteiger partial charge in [0.05, 0.1) is 5.69 Å². The van der Waals surface area contributed by atoms with Crippen molar-refractivity contribution >= 4 is 11.6 Å². The van der Waals surface area contributed by atoms with Crippen LogP contribution in [0.4, 0.5) is 5.69 Å². The Kier molecular flexibility index (Phi) is 5.40. The fourth-order valence-corrected chi connectivity index (χ4v) is 1.59. The van der Waals surface area contributed by atoms with Crippen LogP contribution in [0, 0.1) is 0 Å². The molecule has 0 aliphatic rings. The van der Waals surface area contributed by atoms with Crippen LogP contribution >= 0.6 is 0 Å². The van der Waals surface area contributed by atoms with Crippen molar-refractivity contribution in [2.75, 3.05) is 13.1 Å². The monoisotopic (exact) mass is 219 g/mol. The van der Waals surface area contributed by atoms with Gasteiger partial charge in [-0.1, -0.05) is 32.0 Å². The summed E-state index contributed by atoms with van der Waals surface area (Å²) in [6.07, 6.45) is 2.18. The van der Waals surface area contributed by atoms with Gasteiger partial charge in [0.15, 0.2) is 5.96 Å². The summed E-state index contributed by atoms with van der Waals surface area (Å²) >= 11 is 0. The summed E-state index contributed by atoms with van der Waals surface area (Å²) in [5, 5.41) is 0. The Labute approximate surface area is 98.0 Å². The number of nitrogens with two attached hydrogens (primary N) is 1. The van der Waals surface area contributed by atoms with Gasteiger partial charge in [-0.3, -0.25) is 0 Å². The van der Waals surface area contributed by atoms with E-state index in [1.54, 1.807) is 0 Å². The molecule has 0 amide bonds. The van der Waals surface area contributed by atoms with Crippen molar-refractivity contribution in [3.8, 4) is 0 Å². The van der Waals surface area contributed by atoms with E-state index < -0.39 is 0 Å². The van der Waals surface area contributed by atoms with Crippen LogP contribution in [0.5, 0.6) is 0 Å². The van der Waals surface area contributed by atoms with Gasteiger partial charge in [-0.2, -0.15) is 0 Å². The first-order valence-corrected chi connectivity index (χ1v) is 5.92. The fourth-order valence-electron chi connectivity index (χ4n) is 1.59. The quantitative estimate of drug-likeness (QED) is 0.611. The highest BCUT2D eigenvalue weighted by Crippen LogP contribution is 2.10. The lowest BCUT2D eigenvalue weighted by Gasteiger charge is -2.22. The predicted molar refractivity (Wildman–Crippen MR) is 69.9 cm³/mol. The van der Waals surface area contributed by atoms with Crippen LogP contribution in [-0.2, 0) is 0 Å². The molecule has 0 fully saturated rings. The molecule has 0 aromatic heterocycles. The van der Waals surface area contributed by atoms with Crippen LogP contribution in [0.15, 0.2) is 35.3 Å². The zero-order chi connectivity index (χ0) is 11.8. The Morgan fingerprint density at radius 2 is 1.69 bits per heavy atom. The Morgan fingerprint density at radius 3 is 2.19 bits per heavy atom. The second-order valence-corrected chi connectivity index (χ2v) is 3.79. The lowest BCUT2D eigenvalue weighted by molar-refractivity contribution is 0.412. The summed E-state index contributed by atoms with van der Waals surface area (Å²) in [7, 11) is 0. The number of benzene rings is 1. The second kappa shape index (κ2) is 6.88. The Bertz CT molecular complexity index is 313. The minimum absolute atomic E-state index is 0.620. The molecule has 0 spiro atoms. The molecule has 1 rings (SSSR count). The molecule has 0 aliphatic carbocycles. The minimum atomic E-state index is 0.620. The van der Waals surface area contributed by atoms with Gasteiger partial charge in [0, 0.05) is 13.1 Å². The lowest BCUT2D eigenvalue weighted by atomic mass is 10.3. The summed E-state index contributed by atoms with van der Waals surface area (Å²) < 4.78 is 0. The molecule has 0 aliphatic heterocycles. The topological polar surface area (TPSA) is 41.6 Å². The van der Waals surface area contributed by atoms with Gasteiger partial charge in [0.2, 0.25) is 0 Å². The molecule has 16 heavy (non-hydrogen) atoms. The van der Waals surface area contributed by atoms with Gasteiger partial charge in [0.1, 0.15) is 0 Å².